The Bertz CT molecular complexity index is 141. The van der Waals surface area contributed by atoms with E-state index in [9.17, 15) is 4.55 Å². The molecule has 0 atom stereocenters. The standard InChI is InChI=1S/C5H6O2S.Na/c6-8-4-5-2-1-3-7-5;/h1-3,6H,4H2;/q;+1/p-1. The van der Waals surface area contributed by atoms with Gasteiger partial charge < -0.3 is 8.97 Å². The first-order valence-electron chi connectivity index (χ1n) is 2.20. The Hall–Kier alpha value is 0.590. The quantitative estimate of drug-likeness (QED) is 0.388. The Morgan fingerprint density at radius 3 is 2.89 bits per heavy atom. The van der Waals surface area contributed by atoms with Crippen molar-refractivity contribution in [1.29, 1.82) is 0 Å². The van der Waals surface area contributed by atoms with Gasteiger partial charge >= 0.3 is 29.6 Å². The van der Waals surface area contributed by atoms with Crippen LogP contribution in [0.2, 0.25) is 0 Å². The summed E-state index contributed by atoms with van der Waals surface area (Å²) in [7, 11) is 0. The summed E-state index contributed by atoms with van der Waals surface area (Å²) >= 11 is 0.516. The number of rotatable bonds is 2. The summed E-state index contributed by atoms with van der Waals surface area (Å²) in [5.41, 5.74) is 0. The maximum absolute atomic E-state index is 9.85. The van der Waals surface area contributed by atoms with Gasteiger partial charge in [-0.1, -0.05) is 0 Å². The van der Waals surface area contributed by atoms with E-state index in [2.05, 4.69) is 0 Å². The fraction of sp³-hybridized carbons (Fsp3) is 0.200. The second-order valence-corrected chi connectivity index (χ2v) is 1.87. The van der Waals surface area contributed by atoms with E-state index in [0.29, 0.717) is 17.8 Å². The van der Waals surface area contributed by atoms with Crippen LogP contribution in [0.1, 0.15) is 5.76 Å². The molecule has 1 heterocycles. The molecule has 4 heteroatoms. The van der Waals surface area contributed by atoms with Crippen molar-refractivity contribution in [3.8, 4) is 0 Å². The molecule has 0 bridgehead atoms. The summed E-state index contributed by atoms with van der Waals surface area (Å²) in [6.45, 7) is 0. The van der Waals surface area contributed by atoms with Gasteiger partial charge in [-0.05, 0) is 12.1 Å². The average molecular weight is 152 g/mol. The molecule has 0 aliphatic heterocycles. The molecule has 9 heavy (non-hydrogen) atoms. The second kappa shape index (κ2) is 5.38. The van der Waals surface area contributed by atoms with Crippen LogP contribution in [0.5, 0.6) is 0 Å². The van der Waals surface area contributed by atoms with Crippen LogP contribution in [0.25, 0.3) is 0 Å². The second-order valence-electron chi connectivity index (χ2n) is 1.34. The molecule has 0 amide bonds. The van der Waals surface area contributed by atoms with E-state index in [1.807, 2.05) is 0 Å². The molecule has 1 aromatic rings. The molecular formula is C5H5NaO2S. The van der Waals surface area contributed by atoms with E-state index in [-0.39, 0.29) is 29.6 Å². The van der Waals surface area contributed by atoms with Crippen molar-refractivity contribution in [2.24, 2.45) is 0 Å². The van der Waals surface area contributed by atoms with Crippen molar-refractivity contribution in [2.75, 3.05) is 0 Å². The van der Waals surface area contributed by atoms with E-state index in [1.165, 1.54) is 0 Å². The molecule has 1 aromatic heterocycles. The summed E-state index contributed by atoms with van der Waals surface area (Å²) in [6.07, 6.45) is 1.56. The largest absolute Gasteiger partial charge is 1.00 e. The van der Waals surface area contributed by atoms with Crippen molar-refractivity contribution < 1.29 is 38.5 Å². The Labute approximate surface area is 80.1 Å². The van der Waals surface area contributed by atoms with Gasteiger partial charge in [-0.2, -0.15) is 0 Å². The zero-order valence-electron chi connectivity index (χ0n) is 5.16. The zero-order valence-corrected chi connectivity index (χ0v) is 7.98. The third-order valence-electron chi connectivity index (χ3n) is 0.781. The van der Waals surface area contributed by atoms with Crippen LogP contribution in [0.4, 0.5) is 0 Å². The van der Waals surface area contributed by atoms with Gasteiger partial charge in [-0.15, -0.1) is 0 Å². The summed E-state index contributed by atoms with van der Waals surface area (Å²) in [5.74, 6) is 1.16. The molecule has 2 nitrogen and oxygen atoms in total. The molecule has 0 radical (unpaired) electrons. The average Bonchev–Trinajstić information content (AvgIpc) is 2.19. The van der Waals surface area contributed by atoms with Crippen molar-refractivity contribution in [3.05, 3.63) is 24.2 Å². The van der Waals surface area contributed by atoms with Gasteiger partial charge in [0.25, 0.3) is 0 Å². The minimum absolute atomic E-state index is 0. The van der Waals surface area contributed by atoms with E-state index in [1.54, 1.807) is 18.4 Å². The molecule has 0 aliphatic carbocycles. The Kier molecular flexibility index (Phi) is 5.73. The summed E-state index contributed by atoms with van der Waals surface area (Å²) < 4.78 is 14.7. The van der Waals surface area contributed by atoms with E-state index < -0.39 is 0 Å². The SMILES string of the molecule is [Na+].[O-]SCc1ccco1. The summed E-state index contributed by atoms with van der Waals surface area (Å²) in [5, 5.41) is 0. The predicted molar refractivity (Wildman–Crippen MR) is 30.8 cm³/mol. The number of hydrogen-bond donors (Lipinski definition) is 0. The molecule has 1 rings (SSSR count). The van der Waals surface area contributed by atoms with Crippen LogP contribution in [0.15, 0.2) is 22.8 Å². The molecule has 0 aliphatic rings. The molecular weight excluding hydrogens is 147 g/mol. The molecule has 0 N–H and O–H groups in total. The van der Waals surface area contributed by atoms with Gasteiger partial charge in [0.15, 0.2) is 0 Å². The third kappa shape index (κ3) is 3.33. The summed E-state index contributed by atoms with van der Waals surface area (Å²) in [6, 6.07) is 3.55. The van der Waals surface area contributed by atoms with Crippen molar-refractivity contribution in [3.63, 3.8) is 0 Å². The van der Waals surface area contributed by atoms with Gasteiger partial charge in [0.05, 0.1) is 6.26 Å². The van der Waals surface area contributed by atoms with E-state index >= 15 is 0 Å². The predicted octanol–water partition coefficient (Wildman–Crippen LogP) is -1.35. The van der Waals surface area contributed by atoms with Crippen LogP contribution >= 0.6 is 12.0 Å². The van der Waals surface area contributed by atoms with Crippen molar-refractivity contribution >= 4 is 12.0 Å². The van der Waals surface area contributed by atoms with Gasteiger partial charge in [-0.3, -0.25) is 12.0 Å². The normalized spacial score (nSPS) is 8.56. The minimum Gasteiger partial charge on any atom is -0.799 e. The molecule has 0 saturated heterocycles. The first-order chi connectivity index (χ1) is 3.93. The molecule has 0 aromatic carbocycles. The molecule has 0 fully saturated rings. The van der Waals surface area contributed by atoms with Crippen LogP contribution in [0, 0.1) is 0 Å². The maximum Gasteiger partial charge on any atom is 1.00 e. The van der Waals surface area contributed by atoms with Gasteiger partial charge in [0, 0.05) is 5.75 Å². The van der Waals surface area contributed by atoms with E-state index in [4.69, 9.17) is 4.42 Å². The molecule has 44 valence electrons. The Balaban J connectivity index is 0.000000640. The van der Waals surface area contributed by atoms with Crippen LogP contribution in [-0.2, 0) is 5.75 Å². The third-order valence-corrected chi connectivity index (χ3v) is 1.18. The number of furan rings is 1. The number of hydrogen-bond acceptors (Lipinski definition) is 3. The molecule has 0 spiro atoms. The smallest absolute Gasteiger partial charge is 0.799 e. The van der Waals surface area contributed by atoms with Crippen LogP contribution in [0.3, 0.4) is 0 Å². The van der Waals surface area contributed by atoms with Crippen LogP contribution < -0.4 is 29.6 Å². The van der Waals surface area contributed by atoms with Crippen molar-refractivity contribution in [2.45, 2.75) is 5.75 Å². The topological polar surface area (TPSA) is 36.2 Å². The minimum atomic E-state index is 0. The zero-order chi connectivity index (χ0) is 5.82. The fourth-order valence-electron chi connectivity index (χ4n) is 0.453. The first kappa shape index (κ1) is 9.59. The summed E-state index contributed by atoms with van der Waals surface area (Å²) in [4.78, 5) is 0. The van der Waals surface area contributed by atoms with Gasteiger partial charge in [0.2, 0.25) is 0 Å². The van der Waals surface area contributed by atoms with Crippen molar-refractivity contribution in [1.82, 2.24) is 0 Å². The monoisotopic (exact) mass is 152 g/mol. The van der Waals surface area contributed by atoms with Gasteiger partial charge in [-0.25, -0.2) is 0 Å². The van der Waals surface area contributed by atoms with Crippen LogP contribution in [-0.4, -0.2) is 4.55 Å². The Morgan fingerprint density at radius 1 is 1.67 bits per heavy atom. The maximum atomic E-state index is 9.85. The Morgan fingerprint density at radius 2 is 2.44 bits per heavy atom. The first-order valence-corrected chi connectivity index (χ1v) is 3.11. The molecule has 0 unspecified atom stereocenters. The van der Waals surface area contributed by atoms with Gasteiger partial charge in [0.1, 0.15) is 5.76 Å². The van der Waals surface area contributed by atoms with E-state index in [0.717, 1.165) is 5.76 Å². The fourth-order valence-corrected chi connectivity index (χ4v) is 0.733. The molecule has 0 saturated carbocycles.